The number of halogens is 1. The van der Waals surface area contributed by atoms with Gasteiger partial charge in [-0.3, -0.25) is 0 Å². The lowest BCUT2D eigenvalue weighted by molar-refractivity contribution is -0.662. The fraction of sp³-hybridized carbons (Fsp3) is 0.0909. The van der Waals surface area contributed by atoms with Gasteiger partial charge in [0.15, 0.2) is 5.82 Å². The van der Waals surface area contributed by atoms with E-state index in [0.29, 0.717) is 44.2 Å². The predicted molar refractivity (Wildman–Crippen MR) is 145 cm³/mol. The van der Waals surface area contributed by atoms with Gasteiger partial charge in [-0.2, -0.15) is 9.83 Å². The zero-order valence-electron chi connectivity index (χ0n) is 25.2. The van der Waals surface area contributed by atoms with Gasteiger partial charge in [0.25, 0.3) is 0 Å². The van der Waals surface area contributed by atoms with E-state index in [2.05, 4.69) is 6.07 Å². The third kappa shape index (κ3) is 3.77. The Balaban J connectivity index is 1.65. The van der Waals surface area contributed by atoms with Gasteiger partial charge in [-0.05, 0) is 53.7 Å². The first-order valence-electron chi connectivity index (χ1n) is 14.3. The molecule has 0 saturated carbocycles. The molecule has 0 fully saturated rings. The van der Waals surface area contributed by atoms with Crippen molar-refractivity contribution in [1.29, 1.82) is 5.26 Å². The van der Waals surface area contributed by atoms with Crippen molar-refractivity contribution in [3.8, 4) is 39.6 Å². The van der Waals surface area contributed by atoms with E-state index in [1.54, 1.807) is 25.1 Å². The molecule has 0 aliphatic carbocycles. The molecule has 37 heavy (non-hydrogen) atoms. The second-order valence-corrected chi connectivity index (χ2v) is 9.03. The first kappa shape index (κ1) is 17.6. The van der Waals surface area contributed by atoms with Crippen LogP contribution in [0, 0.1) is 30.9 Å². The Kier molecular flexibility index (Phi) is 4.16. The lowest BCUT2D eigenvalue weighted by Gasteiger charge is -2.07. The molecule has 0 aliphatic heterocycles. The van der Waals surface area contributed by atoms with Crippen LogP contribution in [0.2, 0.25) is 0 Å². The molecular formula is C33H24FN2O+. The summed E-state index contributed by atoms with van der Waals surface area (Å²) < 4.78 is 63.3. The summed E-state index contributed by atoms with van der Waals surface area (Å²) in [6, 6.07) is 26.8. The lowest BCUT2D eigenvalue weighted by Crippen LogP contribution is -2.31. The van der Waals surface area contributed by atoms with E-state index in [9.17, 15) is 5.26 Å². The minimum absolute atomic E-state index is 0.0592. The van der Waals surface area contributed by atoms with Gasteiger partial charge in [0, 0.05) is 26.5 Å². The number of rotatable bonds is 3. The maximum Gasteiger partial charge on any atom is 0.216 e. The molecule has 2 aromatic heterocycles. The van der Waals surface area contributed by atoms with Crippen LogP contribution in [0.3, 0.4) is 0 Å². The lowest BCUT2D eigenvalue weighted by atomic mass is 9.96. The van der Waals surface area contributed by atoms with Crippen LogP contribution in [0.5, 0.6) is 0 Å². The summed E-state index contributed by atoms with van der Waals surface area (Å²) in [4.78, 5) is 0. The number of aryl methyl sites for hydroxylation is 1. The van der Waals surface area contributed by atoms with Crippen molar-refractivity contribution in [2.75, 3.05) is 0 Å². The maximum atomic E-state index is 15.0. The van der Waals surface area contributed by atoms with Gasteiger partial charge in [0.1, 0.15) is 19.6 Å². The number of pyridine rings is 1. The zero-order chi connectivity index (χ0) is 29.9. The summed E-state index contributed by atoms with van der Waals surface area (Å²) in [7, 11) is 1.43. The Labute approximate surface area is 221 Å². The zero-order valence-corrected chi connectivity index (χ0v) is 20.2. The van der Waals surface area contributed by atoms with E-state index in [1.165, 1.54) is 11.6 Å². The Morgan fingerprint density at radius 1 is 0.892 bits per heavy atom. The molecule has 0 atom stereocenters. The van der Waals surface area contributed by atoms with Crippen LogP contribution >= 0.6 is 0 Å². The fourth-order valence-electron chi connectivity index (χ4n) is 4.83. The van der Waals surface area contributed by atoms with Crippen molar-refractivity contribution in [2.24, 2.45) is 7.05 Å². The molecule has 0 amide bonds. The molecule has 4 heteroatoms. The Hall–Kier alpha value is -4.75. The number of benzene rings is 4. The Morgan fingerprint density at radius 2 is 1.62 bits per heavy atom. The summed E-state index contributed by atoms with van der Waals surface area (Å²) in [5.74, 6) is -1.25. The molecule has 6 rings (SSSR count). The molecule has 4 aromatic carbocycles. The van der Waals surface area contributed by atoms with E-state index in [1.807, 2.05) is 60.7 Å². The van der Waals surface area contributed by atoms with Crippen molar-refractivity contribution in [1.82, 2.24) is 0 Å². The van der Waals surface area contributed by atoms with Gasteiger partial charge >= 0.3 is 0 Å². The molecule has 0 unspecified atom stereocenters. The second-order valence-electron chi connectivity index (χ2n) is 9.03. The number of nitrogens with zero attached hydrogens (tertiary/aromatic N) is 2. The number of hydrogen-bond acceptors (Lipinski definition) is 2. The topological polar surface area (TPSA) is 40.8 Å². The van der Waals surface area contributed by atoms with Gasteiger partial charge in [0.05, 0.1) is 18.6 Å². The first-order valence-corrected chi connectivity index (χ1v) is 11.8. The molecule has 2 heterocycles. The minimum Gasteiger partial charge on any atom is -0.454 e. The van der Waals surface area contributed by atoms with E-state index < -0.39 is 30.4 Å². The molecule has 6 aromatic rings. The van der Waals surface area contributed by atoms with E-state index in [4.69, 9.17) is 11.3 Å². The highest BCUT2D eigenvalue weighted by Crippen LogP contribution is 2.41. The SMILES string of the molecule is [2H]c1c(C([2H])([2H])[2H])c(F)c([2H])[n+](C)c1-c1c(C)ccc2c1oc1c(-c3ccc(-c4ccccc4)cc3)cc(C#N)cc12. The number of nitriles is 1. The van der Waals surface area contributed by atoms with E-state index in [-0.39, 0.29) is 5.69 Å². The first-order chi connectivity index (χ1) is 20.0. The summed E-state index contributed by atoms with van der Waals surface area (Å²) in [6.07, 6.45) is -0.648. The van der Waals surface area contributed by atoms with E-state index in [0.717, 1.165) is 16.7 Å². The maximum absolute atomic E-state index is 15.0. The molecule has 0 radical (unpaired) electrons. The van der Waals surface area contributed by atoms with Crippen LogP contribution in [-0.2, 0) is 7.05 Å². The van der Waals surface area contributed by atoms with Gasteiger partial charge in [-0.15, -0.1) is 0 Å². The molecule has 0 aliphatic rings. The summed E-state index contributed by atoms with van der Waals surface area (Å²) in [5, 5.41) is 11.2. The average Bonchev–Trinajstić information content (AvgIpc) is 3.35. The quantitative estimate of drug-likeness (QED) is 0.237. The van der Waals surface area contributed by atoms with Crippen LogP contribution < -0.4 is 4.57 Å². The third-order valence-electron chi connectivity index (χ3n) is 6.68. The molecule has 0 N–H and O–H groups in total. The highest BCUT2D eigenvalue weighted by atomic mass is 19.1. The molecule has 3 nitrogen and oxygen atoms in total. The monoisotopic (exact) mass is 488 g/mol. The molecule has 0 bridgehead atoms. The second kappa shape index (κ2) is 8.72. The normalized spacial score (nSPS) is 13.5. The highest BCUT2D eigenvalue weighted by molar-refractivity contribution is 6.13. The van der Waals surface area contributed by atoms with Gasteiger partial charge in [-0.1, -0.05) is 66.7 Å². The smallest absolute Gasteiger partial charge is 0.216 e. The van der Waals surface area contributed by atoms with Crippen molar-refractivity contribution in [3.05, 3.63) is 114 Å². The Morgan fingerprint density at radius 3 is 2.35 bits per heavy atom. The molecule has 0 spiro atoms. The van der Waals surface area contributed by atoms with Gasteiger partial charge in [0.2, 0.25) is 11.9 Å². The summed E-state index contributed by atoms with van der Waals surface area (Å²) >= 11 is 0. The average molecular weight is 489 g/mol. The largest absolute Gasteiger partial charge is 0.454 e. The van der Waals surface area contributed by atoms with Crippen molar-refractivity contribution >= 4 is 21.9 Å². The van der Waals surface area contributed by atoms with Crippen molar-refractivity contribution < 1.29 is 20.2 Å². The standard InChI is InChI=1S/C33H24FN2O/c1-20-9-14-26-28-17-22(18-35)16-27(25-12-10-24(11-13-25)23-7-5-4-6-8-23)32(28)37-33(26)31(20)30-15-21(2)29(34)19-36(30)3/h4-17,19H,1-3H3/q+1/i2D3,15D,19D. The van der Waals surface area contributed by atoms with Crippen LogP contribution in [0.4, 0.5) is 4.39 Å². The predicted octanol–water partition coefficient (Wildman–Crippen LogP) is 8.04. The summed E-state index contributed by atoms with van der Waals surface area (Å²) in [5.41, 5.74) is 5.24. The third-order valence-corrected chi connectivity index (χ3v) is 6.68. The minimum atomic E-state index is -2.93. The van der Waals surface area contributed by atoms with E-state index >= 15 is 4.39 Å². The van der Waals surface area contributed by atoms with Crippen molar-refractivity contribution in [2.45, 2.75) is 13.8 Å². The van der Waals surface area contributed by atoms with Crippen molar-refractivity contribution in [3.63, 3.8) is 0 Å². The van der Waals surface area contributed by atoms with Crippen LogP contribution in [0.15, 0.2) is 95.5 Å². The molecular weight excluding hydrogens is 459 g/mol. The van der Waals surface area contributed by atoms with Crippen LogP contribution in [-0.4, -0.2) is 0 Å². The Bertz CT molecular complexity index is 2080. The molecule has 0 saturated heterocycles. The fourth-order valence-corrected chi connectivity index (χ4v) is 4.83. The van der Waals surface area contributed by atoms with Gasteiger partial charge < -0.3 is 4.42 Å². The number of hydrogen-bond donors (Lipinski definition) is 0. The summed E-state index contributed by atoms with van der Waals surface area (Å²) in [6.45, 7) is -1.15. The molecule has 178 valence electrons. The van der Waals surface area contributed by atoms with Crippen LogP contribution in [0.1, 0.15) is 23.5 Å². The number of aromatic nitrogens is 1. The van der Waals surface area contributed by atoms with Gasteiger partial charge in [-0.25, -0.2) is 4.39 Å². The number of fused-ring (bicyclic) bond motifs is 3. The highest BCUT2D eigenvalue weighted by Gasteiger charge is 2.23. The van der Waals surface area contributed by atoms with Crippen LogP contribution in [0.25, 0.3) is 55.4 Å². The number of furan rings is 1.